The highest BCUT2D eigenvalue weighted by Crippen LogP contribution is 2.34. The third-order valence-corrected chi connectivity index (χ3v) is 5.55. The van der Waals surface area contributed by atoms with E-state index < -0.39 is 41.2 Å². The number of carbonyl (C=O) groups is 2. The first-order valence-electron chi connectivity index (χ1n) is 9.92. The highest BCUT2D eigenvalue weighted by atomic mass is 19.2. The monoisotopic (exact) mass is 449 g/mol. The molecule has 2 aromatic carbocycles. The molecule has 1 aromatic heterocycles. The Hall–Kier alpha value is -3.40. The van der Waals surface area contributed by atoms with Gasteiger partial charge in [-0.15, -0.1) is 0 Å². The molecule has 2 atom stereocenters. The Morgan fingerprint density at radius 1 is 1.09 bits per heavy atom. The number of amides is 2. The molecule has 3 aromatic rings. The number of fused-ring (bicyclic) bond motifs is 1. The van der Waals surface area contributed by atoms with Gasteiger partial charge in [0.25, 0.3) is 0 Å². The third-order valence-electron chi connectivity index (χ3n) is 5.55. The molecule has 6 nitrogen and oxygen atoms in total. The molecule has 0 unspecified atom stereocenters. The number of hydrogen-bond acceptors (Lipinski definition) is 3. The van der Waals surface area contributed by atoms with E-state index in [0.29, 0.717) is 11.6 Å². The first-order valence-corrected chi connectivity index (χ1v) is 9.92. The molecule has 1 aliphatic rings. The van der Waals surface area contributed by atoms with E-state index in [1.54, 1.807) is 0 Å². The number of H-pyrrole nitrogens is 1. The van der Waals surface area contributed by atoms with Crippen LogP contribution in [0.5, 0.6) is 0 Å². The first kappa shape index (κ1) is 21.8. The van der Waals surface area contributed by atoms with Crippen molar-refractivity contribution in [2.24, 2.45) is 5.92 Å². The van der Waals surface area contributed by atoms with Crippen LogP contribution in [0.25, 0.3) is 22.2 Å². The Morgan fingerprint density at radius 2 is 1.88 bits per heavy atom. The van der Waals surface area contributed by atoms with Gasteiger partial charge < -0.3 is 20.7 Å². The van der Waals surface area contributed by atoms with E-state index in [-0.39, 0.29) is 54.0 Å². The number of β-amino-alcohol motifs (C(OH)–C–C–N with tert-alkyl or cyclic N) is 1. The van der Waals surface area contributed by atoms with Gasteiger partial charge in [-0.25, -0.2) is 17.6 Å². The van der Waals surface area contributed by atoms with Gasteiger partial charge in [-0.2, -0.15) is 0 Å². The Balaban J connectivity index is 1.59. The average molecular weight is 449 g/mol. The van der Waals surface area contributed by atoms with Gasteiger partial charge >= 0.3 is 0 Å². The average Bonchev–Trinajstić information content (AvgIpc) is 3.26. The number of aromatic nitrogens is 1. The van der Waals surface area contributed by atoms with Crippen molar-refractivity contribution in [3.8, 4) is 11.3 Å². The standard InChI is InChI=1S/C22H19F4N3O3/c23-11-6-13-12(2-4-19(31)27-8-14-18(30)9-28-22(14)32)20(29-21(13)17(26)7-11)10-1-3-15(24)16(25)5-10/h1,3,5-7,14,18,29-30H,2,4,8-9H2,(H,27,31)(H,28,32)/t14-,18+/m0/s1. The summed E-state index contributed by atoms with van der Waals surface area (Å²) in [6, 6.07) is 4.94. The summed E-state index contributed by atoms with van der Waals surface area (Å²) < 4.78 is 55.3. The van der Waals surface area contributed by atoms with Crippen molar-refractivity contribution in [3.63, 3.8) is 0 Å². The normalized spacial score (nSPS) is 18.2. The molecule has 168 valence electrons. The number of rotatable bonds is 6. The second kappa shape index (κ2) is 8.62. The van der Waals surface area contributed by atoms with Crippen molar-refractivity contribution in [2.45, 2.75) is 18.9 Å². The Kier molecular flexibility index (Phi) is 5.88. The summed E-state index contributed by atoms with van der Waals surface area (Å²) in [5, 5.41) is 15.0. The van der Waals surface area contributed by atoms with Crippen LogP contribution < -0.4 is 10.6 Å². The lowest BCUT2D eigenvalue weighted by molar-refractivity contribution is -0.124. The molecular weight excluding hydrogens is 430 g/mol. The summed E-state index contributed by atoms with van der Waals surface area (Å²) in [6.45, 7) is 0.0580. The molecule has 1 fully saturated rings. The number of aromatic amines is 1. The Morgan fingerprint density at radius 3 is 2.56 bits per heavy atom. The van der Waals surface area contributed by atoms with Gasteiger partial charge in [-0.05, 0) is 36.2 Å². The lowest BCUT2D eigenvalue weighted by atomic mass is 10.0. The van der Waals surface area contributed by atoms with Crippen LogP contribution in [0.1, 0.15) is 12.0 Å². The first-order chi connectivity index (χ1) is 15.2. The number of aliphatic hydroxyl groups excluding tert-OH is 1. The van der Waals surface area contributed by atoms with Gasteiger partial charge in [0.2, 0.25) is 11.8 Å². The fourth-order valence-electron chi connectivity index (χ4n) is 3.86. The van der Waals surface area contributed by atoms with Crippen molar-refractivity contribution in [1.82, 2.24) is 15.6 Å². The summed E-state index contributed by atoms with van der Waals surface area (Å²) in [5.41, 5.74) is 0.786. The number of aryl methyl sites for hydroxylation is 1. The zero-order valence-corrected chi connectivity index (χ0v) is 16.6. The molecule has 0 saturated carbocycles. The van der Waals surface area contributed by atoms with Crippen LogP contribution in [0.4, 0.5) is 17.6 Å². The molecule has 1 saturated heterocycles. The maximum atomic E-state index is 14.3. The van der Waals surface area contributed by atoms with Crippen LogP contribution in [-0.2, 0) is 16.0 Å². The maximum absolute atomic E-state index is 14.3. The smallest absolute Gasteiger partial charge is 0.227 e. The van der Waals surface area contributed by atoms with Crippen LogP contribution in [0.3, 0.4) is 0 Å². The van der Waals surface area contributed by atoms with Gasteiger partial charge in [-0.3, -0.25) is 9.59 Å². The SMILES string of the molecule is O=C(CCc1c(-c2ccc(F)c(F)c2)[nH]c2c(F)cc(F)cc12)NC[C@@H]1C(=O)NC[C@H]1O. The predicted octanol–water partition coefficient (Wildman–Crippen LogP) is 2.55. The van der Waals surface area contributed by atoms with E-state index in [1.807, 2.05) is 0 Å². The van der Waals surface area contributed by atoms with Crippen molar-refractivity contribution in [1.29, 1.82) is 0 Å². The minimum atomic E-state index is -1.11. The molecule has 32 heavy (non-hydrogen) atoms. The van der Waals surface area contributed by atoms with Crippen molar-refractivity contribution in [3.05, 3.63) is 59.2 Å². The van der Waals surface area contributed by atoms with E-state index in [0.717, 1.165) is 18.2 Å². The van der Waals surface area contributed by atoms with Crippen molar-refractivity contribution < 1.29 is 32.3 Å². The number of hydrogen-bond donors (Lipinski definition) is 4. The largest absolute Gasteiger partial charge is 0.390 e. The van der Waals surface area contributed by atoms with Crippen molar-refractivity contribution in [2.75, 3.05) is 13.1 Å². The van der Waals surface area contributed by atoms with Gasteiger partial charge in [0, 0.05) is 42.2 Å². The van der Waals surface area contributed by atoms with Crippen LogP contribution in [-0.4, -0.2) is 41.1 Å². The Labute approximate surface area is 179 Å². The lowest BCUT2D eigenvalue weighted by Crippen LogP contribution is -2.36. The zero-order valence-electron chi connectivity index (χ0n) is 16.6. The number of carbonyl (C=O) groups excluding carboxylic acids is 2. The molecule has 0 radical (unpaired) electrons. The summed E-state index contributed by atoms with van der Waals surface area (Å²) in [4.78, 5) is 26.8. The second-order valence-corrected chi connectivity index (χ2v) is 7.64. The highest BCUT2D eigenvalue weighted by Gasteiger charge is 2.33. The fourth-order valence-corrected chi connectivity index (χ4v) is 3.86. The molecule has 0 bridgehead atoms. The van der Waals surface area contributed by atoms with E-state index in [2.05, 4.69) is 15.6 Å². The van der Waals surface area contributed by atoms with Crippen LogP contribution in [0.2, 0.25) is 0 Å². The molecule has 2 amide bonds. The summed E-state index contributed by atoms with van der Waals surface area (Å²) in [5.74, 6) is -5.40. The van der Waals surface area contributed by atoms with E-state index in [9.17, 15) is 32.3 Å². The Bertz CT molecular complexity index is 1210. The van der Waals surface area contributed by atoms with E-state index in [1.165, 1.54) is 6.07 Å². The van der Waals surface area contributed by atoms with Gasteiger partial charge in [0.1, 0.15) is 11.6 Å². The molecule has 4 rings (SSSR count). The van der Waals surface area contributed by atoms with Crippen LogP contribution >= 0.6 is 0 Å². The summed E-state index contributed by atoms with van der Waals surface area (Å²) in [7, 11) is 0. The molecule has 4 N–H and O–H groups in total. The number of nitrogens with one attached hydrogen (secondary N) is 3. The minimum Gasteiger partial charge on any atom is -0.390 e. The fraction of sp³-hybridized carbons (Fsp3) is 0.273. The maximum Gasteiger partial charge on any atom is 0.227 e. The predicted molar refractivity (Wildman–Crippen MR) is 107 cm³/mol. The van der Waals surface area contributed by atoms with Crippen LogP contribution in [0, 0.1) is 29.2 Å². The molecule has 0 aliphatic carbocycles. The topological polar surface area (TPSA) is 94.2 Å². The van der Waals surface area contributed by atoms with Gasteiger partial charge in [-0.1, -0.05) is 0 Å². The summed E-state index contributed by atoms with van der Waals surface area (Å²) >= 11 is 0. The minimum absolute atomic E-state index is 0.0210. The summed E-state index contributed by atoms with van der Waals surface area (Å²) in [6.07, 6.45) is -0.975. The number of benzene rings is 2. The quantitative estimate of drug-likeness (QED) is 0.436. The molecule has 0 spiro atoms. The number of halogens is 4. The third kappa shape index (κ3) is 4.18. The molecule has 10 heteroatoms. The molecule has 2 heterocycles. The number of aliphatic hydroxyl groups is 1. The van der Waals surface area contributed by atoms with Crippen molar-refractivity contribution >= 4 is 22.7 Å². The van der Waals surface area contributed by atoms with Gasteiger partial charge in [0.05, 0.1) is 17.5 Å². The molecule has 1 aliphatic heterocycles. The van der Waals surface area contributed by atoms with E-state index in [4.69, 9.17) is 0 Å². The highest BCUT2D eigenvalue weighted by molar-refractivity contribution is 5.92. The second-order valence-electron chi connectivity index (χ2n) is 7.64. The van der Waals surface area contributed by atoms with Crippen LogP contribution in [0.15, 0.2) is 30.3 Å². The van der Waals surface area contributed by atoms with Gasteiger partial charge in [0.15, 0.2) is 11.6 Å². The zero-order chi connectivity index (χ0) is 23.0. The molecular formula is C22H19F4N3O3. The van der Waals surface area contributed by atoms with E-state index >= 15 is 0 Å². The lowest BCUT2D eigenvalue weighted by Gasteiger charge is -2.12.